The van der Waals surface area contributed by atoms with E-state index in [0.29, 0.717) is 10.7 Å². The Morgan fingerprint density at radius 1 is 1.39 bits per heavy atom. The van der Waals surface area contributed by atoms with E-state index in [0.717, 1.165) is 32.0 Å². The summed E-state index contributed by atoms with van der Waals surface area (Å²) in [4.78, 5) is 6.23. The summed E-state index contributed by atoms with van der Waals surface area (Å²) in [5.74, 6) is 0. The summed E-state index contributed by atoms with van der Waals surface area (Å²) in [7, 11) is 0. The fourth-order valence-corrected chi connectivity index (χ4v) is 3.27. The number of halogens is 1. The van der Waals surface area contributed by atoms with Crippen LogP contribution in [0.1, 0.15) is 11.3 Å². The molecule has 18 heavy (non-hydrogen) atoms. The molecule has 2 N–H and O–H groups in total. The minimum atomic E-state index is 0.663. The maximum Gasteiger partial charge on any atom is 0.126 e. The number of nitrogens with two attached hydrogens (primary N) is 1. The summed E-state index contributed by atoms with van der Waals surface area (Å²) in [6, 6.07) is 1.78. The van der Waals surface area contributed by atoms with Crippen molar-refractivity contribution in [3.05, 3.63) is 28.6 Å². The van der Waals surface area contributed by atoms with Crippen LogP contribution in [0.25, 0.3) is 20.8 Å². The lowest BCUT2D eigenvalue weighted by Gasteiger charge is -2.03. The van der Waals surface area contributed by atoms with Crippen molar-refractivity contribution >= 4 is 38.8 Å². The number of anilines is 1. The van der Waals surface area contributed by atoms with Crippen molar-refractivity contribution in [2.75, 3.05) is 5.73 Å². The van der Waals surface area contributed by atoms with E-state index in [2.05, 4.69) is 10.1 Å². The lowest BCUT2D eigenvalue weighted by Crippen LogP contribution is -1.91. The maximum absolute atomic E-state index is 6.22. The number of hydrogen-bond acceptors (Lipinski definition) is 5. The molecule has 92 valence electrons. The third kappa shape index (κ3) is 1.51. The Hall–Kier alpha value is -1.59. The molecule has 4 nitrogen and oxygen atoms in total. The largest absolute Gasteiger partial charge is 0.397 e. The van der Waals surface area contributed by atoms with Gasteiger partial charge >= 0.3 is 0 Å². The van der Waals surface area contributed by atoms with Crippen LogP contribution in [0.2, 0.25) is 5.02 Å². The molecule has 0 saturated heterocycles. The molecule has 3 aromatic heterocycles. The molecule has 3 rings (SSSR count). The first-order chi connectivity index (χ1) is 8.59. The van der Waals surface area contributed by atoms with Gasteiger partial charge in [-0.1, -0.05) is 16.8 Å². The summed E-state index contributed by atoms with van der Waals surface area (Å²) in [6.07, 6.45) is 1.53. The lowest BCUT2D eigenvalue weighted by molar-refractivity contribution is 0.422. The number of pyridine rings is 1. The standard InChI is InChI=1S/C12H10ClN3OS/c1-5-8-10(14)11(7-3-4-17-16-7)18-12(8)15-6(2)9(5)13/h3-4H,14H2,1-2H3. The Labute approximate surface area is 112 Å². The molecule has 0 fully saturated rings. The number of rotatable bonds is 1. The SMILES string of the molecule is Cc1nc2sc(-c3ccon3)c(N)c2c(C)c1Cl. The van der Waals surface area contributed by atoms with Crippen molar-refractivity contribution < 1.29 is 4.52 Å². The van der Waals surface area contributed by atoms with Crippen molar-refractivity contribution in [3.63, 3.8) is 0 Å². The van der Waals surface area contributed by atoms with Crippen LogP contribution < -0.4 is 5.73 Å². The highest BCUT2D eigenvalue weighted by molar-refractivity contribution is 7.22. The van der Waals surface area contributed by atoms with E-state index >= 15 is 0 Å². The summed E-state index contributed by atoms with van der Waals surface area (Å²) in [6.45, 7) is 3.84. The number of hydrogen-bond donors (Lipinski definition) is 1. The third-order valence-electron chi connectivity index (χ3n) is 2.89. The number of aryl methyl sites for hydroxylation is 2. The summed E-state index contributed by atoms with van der Waals surface area (Å²) < 4.78 is 4.85. The first-order valence-electron chi connectivity index (χ1n) is 5.35. The molecule has 0 aliphatic heterocycles. The van der Waals surface area contributed by atoms with E-state index in [9.17, 15) is 0 Å². The third-order valence-corrected chi connectivity index (χ3v) is 4.57. The Balaban J connectivity index is 2.39. The molecule has 6 heteroatoms. The first kappa shape index (κ1) is 11.5. The molecule has 0 aromatic carbocycles. The molecular formula is C12H10ClN3OS. The van der Waals surface area contributed by atoms with Gasteiger partial charge in [0.25, 0.3) is 0 Å². The van der Waals surface area contributed by atoms with Crippen LogP contribution in [0.4, 0.5) is 5.69 Å². The molecule has 0 amide bonds. The zero-order chi connectivity index (χ0) is 12.9. The molecule has 0 radical (unpaired) electrons. The maximum atomic E-state index is 6.22. The smallest absolute Gasteiger partial charge is 0.126 e. The second kappa shape index (κ2) is 3.96. The van der Waals surface area contributed by atoms with Gasteiger partial charge in [0.2, 0.25) is 0 Å². The normalized spacial score (nSPS) is 11.3. The molecule has 0 aliphatic rings. The number of nitrogens with zero attached hydrogens (tertiary/aromatic N) is 2. The molecular weight excluding hydrogens is 270 g/mol. The average molecular weight is 280 g/mol. The van der Waals surface area contributed by atoms with E-state index < -0.39 is 0 Å². The summed E-state index contributed by atoms with van der Waals surface area (Å²) >= 11 is 7.72. The molecule has 3 aromatic rings. The van der Waals surface area contributed by atoms with E-state index in [-0.39, 0.29) is 0 Å². The Morgan fingerprint density at radius 3 is 2.83 bits per heavy atom. The van der Waals surface area contributed by atoms with Gasteiger partial charge in [-0.05, 0) is 19.4 Å². The highest BCUT2D eigenvalue weighted by Crippen LogP contribution is 2.42. The van der Waals surface area contributed by atoms with Crippen LogP contribution in [0.5, 0.6) is 0 Å². The fraction of sp³-hybridized carbons (Fsp3) is 0.167. The molecule has 0 bridgehead atoms. The van der Waals surface area contributed by atoms with Crippen molar-refractivity contribution in [2.45, 2.75) is 13.8 Å². The second-order valence-electron chi connectivity index (χ2n) is 4.05. The monoisotopic (exact) mass is 279 g/mol. The Kier molecular flexibility index (Phi) is 2.53. The molecule has 0 atom stereocenters. The highest BCUT2D eigenvalue weighted by atomic mass is 35.5. The van der Waals surface area contributed by atoms with Crippen molar-refractivity contribution in [3.8, 4) is 10.6 Å². The van der Waals surface area contributed by atoms with Gasteiger partial charge in [0.1, 0.15) is 16.8 Å². The van der Waals surface area contributed by atoms with Crippen LogP contribution in [0.3, 0.4) is 0 Å². The van der Waals surface area contributed by atoms with Crippen molar-refractivity contribution in [1.29, 1.82) is 0 Å². The van der Waals surface area contributed by atoms with Gasteiger partial charge < -0.3 is 10.3 Å². The second-order valence-corrected chi connectivity index (χ2v) is 5.42. The summed E-state index contributed by atoms with van der Waals surface area (Å²) in [5, 5.41) is 5.49. The highest BCUT2D eigenvalue weighted by Gasteiger charge is 2.18. The van der Waals surface area contributed by atoms with Gasteiger partial charge in [-0.25, -0.2) is 4.98 Å². The minimum Gasteiger partial charge on any atom is -0.397 e. The van der Waals surface area contributed by atoms with Crippen LogP contribution in [0.15, 0.2) is 16.9 Å². The first-order valence-corrected chi connectivity index (χ1v) is 6.54. The van der Waals surface area contributed by atoms with Gasteiger partial charge in [0.05, 0.1) is 21.3 Å². The van der Waals surface area contributed by atoms with Crippen LogP contribution in [-0.2, 0) is 0 Å². The fourth-order valence-electron chi connectivity index (χ4n) is 1.97. The molecule has 0 aliphatic carbocycles. The number of aromatic nitrogens is 2. The number of thiophene rings is 1. The summed E-state index contributed by atoms with van der Waals surface area (Å²) in [5.41, 5.74) is 9.34. The van der Waals surface area contributed by atoms with E-state index in [4.69, 9.17) is 21.9 Å². The zero-order valence-electron chi connectivity index (χ0n) is 9.82. The van der Waals surface area contributed by atoms with Crippen LogP contribution >= 0.6 is 22.9 Å². The van der Waals surface area contributed by atoms with E-state index in [1.54, 1.807) is 6.07 Å². The van der Waals surface area contributed by atoms with Gasteiger partial charge in [-0.2, -0.15) is 0 Å². The zero-order valence-corrected chi connectivity index (χ0v) is 11.4. The van der Waals surface area contributed by atoms with Crippen molar-refractivity contribution in [2.24, 2.45) is 0 Å². The van der Waals surface area contributed by atoms with Gasteiger partial charge in [-0.15, -0.1) is 11.3 Å². The van der Waals surface area contributed by atoms with E-state index in [1.807, 2.05) is 13.8 Å². The average Bonchev–Trinajstić information content (AvgIpc) is 2.94. The molecule has 0 spiro atoms. The topological polar surface area (TPSA) is 64.9 Å². The van der Waals surface area contributed by atoms with Crippen LogP contribution in [0, 0.1) is 13.8 Å². The molecule has 3 heterocycles. The lowest BCUT2D eigenvalue weighted by atomic mass is 10.1. The van der Waals surface area contributed by atoms with Crippen molar-refractivity contribution in [1.82, 2.24) is 10.1 Å². The van der Waals surface area contributed by atoms with Crippen LogP contribution in [-0.4, -0.2) is 10.1 Å². The molecule has 0 saturated carbocycles. The number of fused-ring (bicyclic) bond motifs is 1. The molecule has 0 unspecified atom stereocenters. The van der Waals surface area contributed by atoms with Gasteiger partial charge in [0, 0.05) is 11.5 Å². The quantitative estimate of drug-likeness (QED) is 0.736. The number of nitrogen functional groups attached to an aromatic ring is 1. The Morgan fingerprint density at radius 2 is 2.17 bits per heavy atom. The minimum absolute atomic E-state index is 0.663. The predicted molar refractivity (Wildman–Crippen MR) is 74.0 cm³/mol. The predicted octanol–water partition coefficient (Wildman–Crippen LogP) is 3.80. The van der Waals surface area contributed by atoms with Gasteiger partial charge in [-0.3, -0.25) is 0 Å². The van der Waals surface area contributed by atoms with Gasteiger partial charge in [0.15, 0.2) is 0 Å². The Bertz CT molecular complexity index is 734. The van der Waals surface area contributed by atoms with E-state index in [1.165, 1.54) is 17.6 Å².